The number of hydrogen-bond donors (Lipinski definition) is 2. The van der Waals surface area contributed by atoms with E-state index < -0.39 is 0 Å². The van der Waals surface area contributed by atoms with Gasteiger partial charge in [0.25, 0.3) is 5.91 Å². The average molecular weight is 485 g/mol. The lowest BCUT2D eigenvalue weighted by atomic mass is 9.94. The van der Waals surface area contributed by atoms with Crippen LogP contribution in [0.25, 0.3) is 17.2 Å². The van der Waals surface area contributed by atoms with Gasteiger partial charge in [-0.2, -0.15) is 0 Å². The minimum atomic E-state index is -0.376. The summed E-state index contributed by atoms with van der Waals surface area (Å²) in [5.74, 6) is 0.252. The number of rotatable bonds is 10. The quantitative estimate of drug-likeness (QED) is 0.296. The minimum absolute atomic E-state index is 0.274. The van der Waals surface area contributed by atoms with Crippen molar-refractivity contribution in [3.8, 4) is 16.9 Å². The highest BCUT2D eigenvalue weighted by atomic mass is 16.5. The van der Waals surface area contributed by atoms with Gasteiger partial charge in [-0.3, -0.25) is 14.8 Å². The molecule has 0 saturated carbocycles. The topological polar surface area (TPSA) is 75.6 Å². The van der Waals surface area contributed by atoms with Crippen LogP contribution in [-0.4, -0.2) is 29.9 Å². The van der Waals surface area contributed by atoms with Gasteiger partial charge in [0.15, 0.2) is 0 Å². The van der Waals surface area contributed by atoms with Crippen LogP contribution in [0.5, 0.6) is 5.75 Å². The Hall–Kier alpha value is -3.93. The standard InChI is InChI=1S/C30H36N4O2/c1-8-17-32-30(6,10-3)34-26-16-12-14-24(21(26)5)23-13-11-15-25(20(23)4)33-29(35)27-18-28(36-7)22(9-2)19-31-27/h9,11-19,34H,2,8,10H2,1,3-7H3,(H,33,35). The summed E-state index contributed by atoms with van der Waals surface area (Å²) in [5, 5.41) is 6.64. The molecule has 0 saturated heterocycles. The summed E-state index contributed by atoms with van der Waals surface area (Å²) in [6.07, 6.45) is 6.95. The molecule has 0 fully saturated rings. The van der Waals surface area contributed by atoms with Crippen LogP contribution in [-0.2, 0) is 0 Å². The zero-order chi connectivity index (χ0) is 26.3. The maximum Gasteiger partial charge on any atom is 0.274 e. The summed E-state index contributed by atoms with van der Waals surface area (Å²) >= 11 is 0. The fourth-order valence-electron chi connectivity index (χ4n) is 4.01. The van der Waals surface area contributed by atoms with Crippen molar-refractivity contribution < 1.29 is 9.53 Å². The number of aromatic nitrogens is 1. The number of pyridine rings is 1. The highest BCUT2D eigenvalue weighted by molar-refractivity contribution is 6.04. The Morgan fingerprint density at radius 2 is 1.75 bits per heavy atom. The number of nitrogens with zero attached hydrogens (tertiary/aromatic N) is 2. The number of hydrogen-bond acceptors (Lipinski definition) is 5. The number of ether oxygens (including phenoxy) is 1. The van der Waals surface area contributed by atoms with E-state index in [-0.39, 0.29) is 17.3 Å². The van der Waals surface area contributed by atoms with Gasteiger partial charge in [-0.15, -0.1) is 0 Å². The number of nitrogens with one attached hydrogen (secondary N) is 2. The molecule has 6 heteroatoms. The molecule has 36 heavy (non-hydrogen) atoms. The molecule has 0 spiro atoms. The lowest BCUT2D eigenvalue weighted by molar-refractivity contribution is 0.102. The first kappa shape index (κ1) is 26.7. The zero-order valence-corrected chi connectivity index (χ0v) is 22.1. The summed E-state index contributed by atoms with van der Waals surface area (Å²) in [6.45, 7) is 14.2. The minimum Gasteiger partial charge on any atom is -0.496 e. The van der Waals surface area contributed by atoms with Crippen molar-refractivity contribution in [2.75, 3.05) is 17.7 Å². The predicted octanol–water partition coefficient (Wildman–Crippen LogP) is 7.29. The predicted molar refractivity (Wildman–Crippen MR) is 151 cm³/mol. The highest BCUT2D eigenvalue weighted by Crippen LogP contribution is 2.35. The van der Waals surface area contributed by atoms with E-state index in [0.717, 1.165) is 52.0 Å². The summed E-state index contributed by atoms with van der Waals surface area (Å²) in [4.78, 5) is 22.0. The zero-order valence-electron chi connectivity index (χ0n) is 22.1. The van der Waals surface area contributed by atoms with Crippen molar-refractivity contribution in [1.82, 2.24) is 4.98 Å². The average Bonchev–Trinajstić information content (AvgIpc) is 2.89. The van der Waals surface area contributed by atoms with Gasteiger partial charge in [0.1, 0.15) is 17.1 Å². The molecule has 1 amide bonds. The van der Waals surface area contributed by atoms with Crippen LogP contribution in [0.1, 0.15) is 60.8 Å². The van der Waals surface area contributed by atoms with Crippen molar-refractivity contribution in [1.29, 1.82) is 0 Å². The SMILES string of the molecule is C=Cc1cnc(C(=O)Nc2cccc(-c3cccc(NC(C)(CC)N=CCC)c3C)c2C)cc1OC. The molecule has 0 bridgehead atoms. The van der Waals surface area contributed by atoms with E-state index in [1.54, 1.807) is 25.4 Å². The lowest BCUT2D eigenvalue weighted by Crippen LogP contribution is -2.32. The highest BCUT2D eigenvalue weighted by Gasteiger charge is 2.21. The maximum absolute atomic E-state index is 13.0. The number of carbonyl (C=O) groups is 1. The van der Waals surface area contributed by atoms with E-state index in [9.17, 15) is 4.79 Å². The van der Waals surface area contributed by atoms with Gasteiger partial charge in [-0.25, -0.2) is 0 Å². The molecule has 3 rings (SSSR count). The fourth-order valence-corrected chi connectivity index (χ4v) is 4.01. The summed E-state index contributed by atoms with van der Waals surface area (Å²) in [7, 11) is 1.56. The molecule has 1 aromatic heterocycles. The van der Waals surface area contributed by atoms with Crippen LogP contribution in [0.4, 0.5) is 11.4 Å². The van der Waals surface area contributed by atoms with Crippen molar-refractivity contribution in [3.63, 3.8) is 0 Å². The van der Waals surface area contributed by atoms with E-state index in [1.165, 1.54) is 0 Å². The molecule has 2 N–H and O–H groups in total. The smallest absolute Gasteiger partial charge is 0.274 e. The Kier molecular flexibility index (Phi) is 8.64. The summed E-state index contributed by atoms with van der Waals surface area (Å²) < 4.78 is 5.36. The van der Waals surface area contributed by atoms with Crippen LogP contribution >= 0.6 is 0 Å². The van der Waals surface area contributed by atoms with Gasteiger partial charge >= 0.3 is 0 Å². The van der Waals surface area contributed by atoms with Gasteiger partial charge < -0.3 is 15.4 Å². The molecule has 1 heterocycles. The van der Waals surface area contributed by atoms with E-state index in [4.69, 9.17) is 9.73 Å². The molecule has 0 aliphatic carbocycles. The van der Waals surface area contributed by atoms with E-state index in [0.29, 0.717) is 5.75 Å². The molecule has 1 unspecified atom stereocenters. The van der Waals surface area contributed by atoms with E-state index >= 15 is 0 Å². The second kappa shape index (κ2) is 11.7. The third-order valence-electron chi connectivity index (χ3n) is 6.42. The number of benzene rings is 2. The van der Waals surface area contributed by atoms with Gasteiger partial charge in [0.2, 0.25) is 0 Å². The van der Waals surface area contributed by atoms with Gasteiger partial charge in [0.05, 0.1) is 7.11 Å². The van der Waals surface area contributed by atoms with Crippen molar-refractivity contribution in [2.45, 2.75) is 53.1 Å². The first-order valence-corrected chi connectivity index (χ1v) is 12.3. The van der Waals surface area contributed by atoms with Crippen LogP contribution < -0.4 is 15.4 Å². The largest absolute Gasteiger partial charge is 0.496 e. The molecular formula is C30H36N4O2. The molecule has 3 aromatic rings. The molecule has 0 aliphatic rings. The third kappa shape index (κ3) is 5.82. The van der Waals surface area contributed by atoms with Crippen molar-refractivity contribution in [3.05, 3.63) is 77.6 Å². The van der Waals surface area contributed by atoms with Gasteiger partial charge in [0, 0.05) is 35.4 Å². The monoisotopic (exact) mass is 484 g/mol. The normalized spacial score (nSPS) is 12.7. The molecule has 6 nitrogen and oxygen atoms in total. The second-order valence-electron chi connectivity index (χ2n) is 8.90. The van der Waals surface area contributed by atoms with Crippen LogP contribution in [0.3, 0.4) is 0 Å². The van der Waals surface area contributed by atoms with Crippen molar-refractivity contribution in [2.24, 2.45) is 4.99 Å². The van der Waals surface area contributed by atoms with Crippen LogP contribution in [0, 0.1) is 13.8 Å². The summed E-state index contributed by atoms with van der Waals surface area (Å²) in [6, 6.07) is 13.8. The number of amides is 1. The third-order valence-corrected chi connectivity index (χ3v) is 6.42. The number of methoxy groups -OCH3 is 1. The molecule has 1 atom stereocenters. The Labute approximate surface area is 214 Å². The number of carbonyl (C=O) groups excluding carboxylic acids is 1. The molecular weight excluding hydrogens is 448 g/mol. The Bertz CT molecular complexity index is 1280. The Morgan fingerprint density at radius 1 is 1.11 bits per heavy atom. The van der Waals surface area contributed by atoms with E-state index in [2.05, 4.69) is 68.1 Å². The van der Waals surface area contributed by atoms with Gasteiger partial charge in [-0.05, 0) is 68.0 Å². The molecule has 0 radical (unpaired) electrons. The first-order chi connectivity index (χ1) is 17.3. The second-order valence-corrected chi connectivity index (χ2v) is 8.90. The number of aliphatic imine (C=N–C) groups is 1. The Balaban J connectivity index is 1.93. The van der Waals surface area contributed by atoms with Gasteiger partial charge in [-0.1, -0.05) is 50.8 Å². The van der Waals surface area contributed by atoms with Crippen LogP contribution in [0.15, 0.2) is 60.2 Å². The first-order valence-electron chi connectivity index (χ1n) is 12.3. The molecule has 2 aromatic carbocycles. The number of anilines is 2. The fraction of sp³-hybridized carbons (Fsp3) is 0.300. The van der Waals surface area contributed by atoms with Crippen molar-refractivity contribution >= 4 is 29.6 Å². The summed E-state index contributed by atoms with van der Waals surface area (Å²) in [5.41, 5.74) is 6.65. The maximum atomic E-state index is 13.0. The molecule has 0 aliphatic heterocycles. The Morgan fingerprint density at radius 3 is 2.33 bits per heavy atom. The molecule has 188 valence electrons. The van der Waals surface area contributed by atoms with E-state index in [1.807, 2.05) is 31.3 Å². The lowest BCUT2D eigenvalue weighted by Gasteiger charge is -2.28. The van der Waals surface area contributed by atoms with Crippen LogP contribution in [0.2, 0.25) is 0 Å².